The third kappa shape index (κ3) is 4.46. The van der Waals surface area contributed by atoms with Crippen molar-refractivity contribution in [1.29, 1.82) is 0 Å². The van der Waals surface area contributed by atoms with Gasteiger partial charge in [-0.05, 0) is 69.6 Å². The van der Waals surface area contributed by atoms with Crippen molar-refractivity contribution in [3.63, 3.8) is 0 Å². The Kier molecular flexibility index (Phi) is 5.70. The third-order valence-electron chi connectivity index (χ3n) is 5.09. The zero-order valence-electron chi connectivity index (χ0n) is 13.2. The molecule has 0 aromatic rings. The molecule has 0 amide bonds. The second-order valence-corrected chi connectivity index (χ2v) is 7.20. The van der Waals surface area contributed by atoms with Crippen molar-refractivity contribution in [2.45, 2.75) is 72.0 Å². The summed E-state index contributed by atoms with van der Waals surface area (Å²) in [5, 5.41) is 0. The number of ether oxygens (including phenoxy) is 2. The molecule has 0 aromatic carbocycles. The largest absolute Gasteiger partial charge is 0.376 e. The van der Waals surface area contributed by atoms with Crippen molar-refractivity contribution < 1.29 is 9.47 Å². The standard InChI is InChI=1S/C17H32O2/c1-12(2)18-7-8-19-16-5-6-17-14(4)9-13(3)10-15(17)11-16/h12-17H,5-11H2,1-4H3. The van der Waals surface area contributed by atoms with E-state index < -0.39 is 0 Å². The fourth-order valence-electron chi connectivity index (χ4n) is 4.34. The SMILES string of the molecule is CC1CC(C)C2CCC(OCCOC(C)C)CC2C1. The second kappa shape index (κ2) is 7.08. The molecular formula is C17H32O2. The van der Waals surface area contributed by atoms with E-state index in [4.69, 9.17) is 9.47 Å². The summed E-state index contributed by atoms with van der Waals surface area (Å²) in [4.78, 5) is 0. The molecule has 5 unspecified atom stereocenters. The molecule has 2 aliphatic carbocycles. The van der Waals surface area contributed by atoms with E-state index in [2.05, 4.69) is 27.7 Å². The molecule has 0 N–H and O–H groups in total. The Morgan fingerprint density at radius 3 is 2.53 bits per heavy atom. The summed E-state index contributed by atoms with van der Waals surface area (Å²) in [5.41, 5.74) is 0. The zero-order chi connectivity index (χ0) is 13.8. The van der Waals surface area contributed by atoms with E-state index in [1.54, 1.807) is 0 Å². The maximum atomic E-state index is 6.03. The van der Waals surface area contributed by atoms with Crippen LogP contribution in [-0.2, 0) is 9.47 Å². The summed E-state index contributed by atoms with van der Waals surface area (Å²) < 4.78 is 11.6. The molecule has 2 saturated carbocycles. The molecule has 5 atom stereocenters. The molecular weight excluding hydrogens is 236 g/mol. The Morgan fingerprint density at radius 1 is 1.00 bits per heavy atom. The van der Waals surface area contributed by atoms with Gasteiger partial charge in [-0.25, -0.2) is 0 Å². The van der Waals surface area contributed by atoms with Gasteiger partial charge in [-0.1, -0.05) is 13.8 Å². The highest BCUT2D eigenvalue weighted by Crippen LogP contribution is 2.46. The number of hydrogen-bond donors (Lipinski definition) is 0. The Balaban J connectivity index is 1.71. The van der Waals surface area contributed by atoms with Crippen LogP contribution < -0.4 is 0 Å². The Bertz CT molecular complexity index is 264. The van der Waals surface area contributed by atoms with Crippen LogP contribution in [-0.4, -0.2) is 25.4 Å². The first-order valence-corrected chi connectivity index (χ1v) is 8.29. The second-order valence-electron chi connectivity index (χ2n) is 7.20. The van der Waals surface area contributed by atoms with E-state index in [0.717, 1.165) is 36.9 Å². The lowest BCUT2D eigenvalue weighted by Crippen LogP contribution is -2.38. The lowest BCUT2D eigenvalue weighted by atomic mass is 9.63. The van der Waals surface area contributed by atoms with Crippen LogP contribution in [0.4, 0.5) is 0 Å². The molecule has 0 spiro atoms. The first-order chi connectivity index (χ1) is 9.06. The molecule has 2 nitrogen and oxygen atoms in total. The smallest absolute Gasteiger partial charge is 0.0704 e. The molecule has 0 aromatic heterocycles. The van der Waals surface area contributed by atoms with Gasteiger partial charge in [0, 0.05) is 0 Å². The molecule has 2 fully saturated rings. The predicted molar refractivity (Wildman–Crippen MR) is 79.2 cm³/mol. The summed E-state index contributed by atoms with van der Waals surface area (Å²) in [7, 11) is 0. The van der Waals surface area contributed by atoms with Crippen molar-refractivity contribution in [3.05, 3.63) is 0 Å². The summed E-state index contributed by atoms with van der Waals surface area (Å²) in [6.45, 7) is 10.6. The molecule has 0 heterocycles. The lowest BCUT2D eigenvalue weighted by molar-refractivity contribution is -0.0561. The summed E-state index contributed by atoms with van der Waals surface area (Å²) in [6.07, 6.45) is 7.62. The van der Waals surface area contributed by atoms with Gasteiger partial charge >= 0.3 is 0 Å². The third-order valence-corrected chi connectivity index (χ3v) is 5.09. The number of hydrogen-bond acceptors (Lipinski definition) is 2. The lowest BCUT2D eigenvalue weighted by Gasteiger charge is -2.45. The quantitative estimate of drug-likeness (QED) is 0.693. The minimum absolute atomic E-state index is 0.319. The summed E-state index contributed by atoms with van der Waals surface area (Å²) >= 11 is 0. The van der Waals surface area contributed by atoms with Crippen molar-refractivity contribution in [1.82, 2.24) is 0 Å². The van der Waals surface area contributed by atoms with Crippen LogP contribution in [0.25, 0.3) is 0 Å². The molecule has 0 bridgehead atoms. The number of fused-ring (bicyclic) bond motifs is 1. The average Bonchev–Trinajstić information content (AvgIpc) is 2.33. The van der Waals surface area contributed by atoms with Crippen LogP contribution in [0.15, 0.2) is 0 Å². The highest BCUT2D eigenvalue weighted by atomic mass is 16.5. The van der Waals surface area contributed by atoms with E-state index in [1.807, 2.05) is 0 Å². The monoisotopic (exact) mass is 268 g/mol. The van der Waals surface area contributed by atoms with Crippen LogP contribution in [0.5, 0.6) is 0 Å². The molecule has 2 aliphatic rings. The van der Waals surface area contributed by atoms with Crippen LogP contribution in [0.3, 0.4) is 0 Å². The summed E-state index contributed by atoms with van der Waals surface area (Å²) in [5.74, 6) is 3.74. The van der Waals surface area contributed by atoms with Crippen LogP contribution >= 0.6 is 0 Å². The molecule has 2 rings (SSSR count). The van der Waals surface area contributed by atoms with Crippen LogP contribution in [0, 0.1) is 23.7 Å². The van der Waals surface area contributed by atoms with Crippen molar-refractivity contribution in [2.75, 3.05) is 13.2 Å². The van der Waals surface area contributed by atoms with Gasteiger partial charge in [0.05, 0.1) is 25.4 Å². The molecule has 112 valence electrons. The van der Waals surface area contributed by atoms with Crippen LogP contribution in [0.1, 0.15) is 59.8 Å². The topological polar surface area (TPSA) is 18.5 Å². The van der Waals surface area contributed by atoms with Gasteiger partial charge in [-0.2, -0.15) is 0 Å². The van der Waals surface area contributed by atoms with Gasteiger partial charge in [0.25, 0.3) is 0 Å². The Morgan fingerprint density at radius 2 is 1.79 bits per heavy atom. The van der Waals surface area contributed by atoms with Crippen LogP contribution in [0.2, 0.25) is 0 Å². The molecule has 0 aliphatic heterocycles. The maximum Gasteiger partial charge on any atom is 0.0704 e. The van der Waals surface area contributed by atoms with Gasteiger partial charge < -0.3 is 9.47 Å². The Hall–Kier alpha value is -0.0800. The van der Waals surface area contributed by atoms with E-state index in [1.165, 1.54) is 32.1 Å². The fraction of sp³-hybridized carbons (Fsp3) is 1.00. The minimum Gasteiger partial charge on any atom is -0.376 e. The normalized spacial score (nSPS) is 39.3. The predicted octanol–water partition coefficient (Wildman–Crippen LogP) is 4.28. The van der Waals surface area contributed by atoms with Gasteiger partial charge in [-0.3, -0.25) is 0 Å². The summed E-state index contributed by atoms with van der Waals surface area (Å²) in [6, 6.07) is 0. The highest BCUT2D eigenvalue weighted by molar-refractivity contribution is 4.88. The molecule has 0 saturated heterocycles. The van der Waals surface area contributed by atoms with Gasteiger partial charge in [-0.15, -0.1) is 0 Å². The Labute approximate surface area is 119 Å². The maximum absolute atomic E-state index is 6.03. The molecule has 0 radical (unpaired) electrons. The van der Waals surface area contributed by atoms with Gasteiger partial charge in [0.15, 0.2) is 0 Å². The highest BCUT2D eigenvalue weighted by Gasteiger charge is 2.38. The van der Waals surface area contributed by atoms with Gasteiger partial charge in [0.2, 0.25) is 0 Å². The zero-order valence-corrected chi connectivity index (χ0v) is 13.2. The van der Waals surface area contributed by atoms with E-state index in [0.29, 0.717) is 12.2 Å². The van der Waals surface area contributed by atoms with Crippen molar-refractivity contribution >= 4 is 0 Å². The van der Waals surface area contributed by atoms with E-state index >= 15 is 0 Å². The minimum atomic E-state index is 0.319. The molecule has 19 heavy (non-hydrogen) atoms. The van der Waals surface area contributed by atoms with Crippen molar-refractivity contribution in [2.24, 2.45) is 23.7 Å². The number of rotatable bonds is 5. The van der Waals surface area contributed by atoms with E-state index in [-0.39, 0.29) is 0 Å². The van der Waals surface area contributed by atoms with E-state index in [9.17, 15) is 0 Å². The first kappa shape index (κ1) is 15.3. The van der Waals surface area contributed by atoms with Crippen molar-refractivity contribution in [3.8, 4) is 0 Å². The van der Waals surface area contributed by atoms with Gasteiger partial charge in [0.1, 0.15) is 0 Å². The first-order valence-electron chi connectivity index (χ1n) is 8.29. The fourth-order valence-corrected chi connectivity index (χ4v) is 4.34. The average molecular weight is 268 g/mol. The molecule has 2 heteroatoms.